The number of carbonyl (C=O) groups excluding carboxylic acids is 2. The maximum atomic E-state index is 14.9. The third kappa shape index (κ3) is 6.48. The van der Waals surface area contributed by atoms with Gasteiger partial charge in [-0.3, -0.25) is 14.5 Å². The summed E-state index contributed by atoms with van der Waals surface area (Å²) in [7, 11) is 0. The number of halogens is 2. The number of anilines is 1. The van der Waals surface area contributed by atoms with Crippen LogP contribution in [0.4, 0.5) is 14.5 Å². The SMILES string of the molecule is CC(=O)N(C(C)C)C(C)c1cc(C)c(C)cc1N1CCN(C(=O)[C@@H]2CN(C(C)(C)C)C[C@H]2c2ccc(F)cc2F)CC1. The van der Waals surface area contributed by atoms with Crippen LogP contribution in [0.15, 0.2) is 30.3 Å². The Labute approximate surface area is 250 Å². The third-order valence-corrected chi connectivity index (χ3v) is 9.31. The molecule has 2 aliphatic heterocycles. The van der Waals surface area contributed by atoms with Gasteiger partial charge >= 0.3 is 0 Å². The topological polar surface area (TPSA) is 47.1 Å². The Morgan fingerprint density at radius 3 is 2.10 bits per heavy atom. The van der Waals surface area contributed by atoms with Gasteiger partial charge in [-0.05, 0) is 89.8 Å². The predicted molar refractivity (Wildman–Crippen MR) is 165 cm³/mol. The van der Waals surface area contributed by atoms with Crippen LogP contribution in [-0.2, 0) is 9.59 Å². The number of nitrogens with zero attached hydrogens (tertiary/aromatic N) is 4. The second kappa shape index (κ2) is 12.3. The van der Waals surface area contributed by atoms with E-state index < -0.39 is 17.6 Å². The standard InChI is InChI=1S/C34H48F2N4O2/c1-21(2)40(25(6)41)24(5)28-16-22(3)23(4)17-32(28)37-12-14-38(15-13-37)33(42)30-20-39(34(7,8)9)19-29(30)27-11-10-26(35)18-31(27)36/h10-11,16-18,21,24,29-30H,12-15,19-20H2,1-9H3/t24?,29-,30+/m0/s1. The van der Waals surface area contributed by atoms with Gasteiger partial charge in [0.25, 0.3) is 0 Å². The number of aryl methyl sites for hydroxylation is 2. The summed E-state index contributed by atoms with van der Waals surface area (Å²) in [6, 6.07) is 8.10. The van der Waals surface area contributed by atoms with Crippen LogP contribution < -0.4 is 4.90 Å². The summed E-state index contributed by atoms with van der Waals surface area (Å²) in [4.78, 5) is 35.0. The average molecular weight is 583 g/mol. The molecule has 2 amide bonds. The van der Waals surface area contributed by atoms with Crippen LogP contribution in [0.1, 0.15) is 82.7 Å². The Balaban J connectivity index is 1.56. The summed E-state index contributed by atoms with van der Waals surface area (Å²) in [5.74, 6) is -1.85. The number of hydrogen-bond acceptors (Lipinski definition) is 4. The van der Waals surface area contributed by atoms with Crippen molar-refractivity contribution >= 4 is 17.5 Å². The van der Waals surface area contributed by atoms with E-state index >= 15 is 0 Å². The first kappa shape index (κ1) is 31.9. The maximum absolute atomic E-state index is 14.9. The fourth-order valence-corrected chi connectivity index (χ4v) is 6.79. The van der Waals surface area contributed by atoms with E-state index in [0.29, 0.717) is 44.8 Å². The molecular weight excluding hydrogens is 534 g/mol. The lowest BCUT2D eigenvalue weighted by molar-refractivity contribution is -0.136. The van der Waals surface area contributed by atoms with Crippen LogP contribution >= 0.6 is 0 Å². The molecule has 6 nitrogen and oxygen atoms in total. The second-order valence-corrected chi connectivity index (χ2v) is 13.5. The second-order valence-electron chi connectivity index (χ2n) is 13.5. The number of carbonyl (C=O) groups is 2. The van der Waals surface area contributed by atoms with Gasteiger partial charge in [-0.2, -0.15) is 0 Å². The van der Waals surface area contributed by atoms with E-state index in [-0.39, 0.29) is 35.4 Å². The number of rotatable bonds is 6. The van der Waals surface area contributed by atoms with E-state index in [1.165, 1.54) is 23.3 Å². The van der Waals surface area contributed by atoms with Crippen molar-refractivity contribution < 1.29 is 18.4 Å². The molecule has 3 atom stereocenters. The van der Waals surface area contributed by atoms with E-state index in [2.05, 4.69) is 63.5 Å². The molecule has 4 rings (SSSR count). The molecule has 2 heterocycles. The molecule has 8 heteroatoms. The summed E-state index contributed by atoms with van der Waals surface area (Å²) >= 11 is 0. The molecule has 2 aromatic rings. The highest BCUT2D eigenvalue weighted by Gasteiger charge is 2.44. The van der Waals surface area contributed by atoms with Crippen molar-refractivity contribution in [2.45, 2.75) is 85.9 Å². The number of piperazine rings is 1. The largest absolute Gasteiger partial charge is 0.368 e. The first-order valence-electron chi connectivity index (χ1n) is 15.2. The van der Waals surface area contributed by atoms with Crippen LogP contribution in [0, 0.1) is 31.4 Å². The molecule has 0 bridgehead atoms. The van der Waals surface area contributed by atoms with E-state index in [0.717, 1.165) is 17.3 Å². The molecule has 0 spiro atoms. The molecule has 0 aliphatic carbocycles. The van der Waals surface area contributed by atoms with E-state index in [9.17, 15) is 18.4 Å². The first-order valence-corrected chi connectivity index (χ1v) is 15.2. The van der Waals surface area contributed by atoms with E-state index in [4.69, 9.17) is 0 Å². The smallest absolute Gasteiger partial charge is 0.227 e. The van der Waals surface area contributed by atoms with Gasteiger partial charge in [-0.25, -0.2) is 8.78 Å². The molecular formula is C34H48F2N4O2. The molecule has 0 radical (unpaired) electrons. The quantitative estimate of drug-likeness (QED) is 0.415. The van der Waals surface area contributed by atoms with Gasteiger partial charge in [0.2, 0.25) is 11.8 Å². The van der Waals surface area contributed by atoms with E-state index in [1.807, 2.05) is 23.6 Å². The van der Waals surface area contributed by atoms with Gasteiger partial charge in [0.1, 0.15) is 11.6 Å². The number of benzene rings is 2. The molecule has 0 aromatic heterocycles. The molecule has 2 aliphatic rings. The number of hydrogen-bond donors (Lipinski definition) is 0. The molecule has 42 heavy (non-hydrogen) atoms. The van der Waals surface area contributed by atoms with Gasteiger partial charge in [0.05, 0.1) is 12.0 Å². The zero-order valence-corrected chi connectivity index (χ0v) is 26.8. The normalized spacial score (nSPS) is 20.8. The minimum Gasteiger partial charge on any atom is -0.368 e. The van der Waals surface area contributed by atoms with Crippen molar-refractivity contribution in [1.29, 1.82) is 0 Å². The van der Waals surface area contributed by atoms with Gasteiger partial charge in [-0.15, -0.1) is 0 Å². The van der Waals surface area contributed by atoms with Gasteiger partial charge in [0, 0.05) is 75.4 Å². The minimum absolute atomic E-state index is 0.0337. The zero-order valence-electron chi connectivity index (χ0n) is 26.8. The fraction of sp³-hybridized carbons (Fsp3) is 0.588. The van der Waals surface area contributed by atoms with Crippen LogP contribution in [0.2, 0.25) is 0 Å². The Morgan fingerprint density at radius 1 is 0.929 bits per heavy atom. The molecule has 0 N–H and O–H groups in total. The highest BCUT2D eigenvalue weighted by molar-refractivity contribution is 5.81. The Bertz CT molecular complexity index is 1310. The minimum atomic E-state index is -0.610. The van der Waals surface area contributed by atoms with Gasteiger partial charge in [0.15, 0.2) is 0 Å². The summed E-state index contributed by atoms with van der Waals surface area (Å²) in [5.41, 5.74) is 4.83. The highest BCUT2D eigenvalue weighted by atomic mass is 19.1. The van der Waals surface area contributed by atoms with Crippen molar-refractivity contribution in [2.24, 2.45) is 5.92 Å². The molecule has 1 unspecified atom stereocenters. The fourth-order valence-electron chi connectivity index (χ4n) is 6.79. The number of likely N-dealkylation sites (tertiary alicyclic amines) is 1. The first-order chi connectivity index (χ1) is 19.6. The molecule has 2 aromatic carbocycles. The molecule has 2 fully saturated rings. The number of amides is 2. The molecule has 2 saturated heterocycles. The lowest BCUT2D eigenvalue weighted by Crippen LogP contribution is -2.52. The van der Waals surface area contributed by atoms with Crippen molar-refractivity contribution in [3.05, 3.63) is 64.2 Å². The van der Waals surface area contributed by atoms with Crippen LogP contribution in [0.5, 0.6) is 0 Å². The Kier molecular flexibility index (Phi) is 9.36. The van der Waals surface area contributed by atoms with Crippen LogP contribution in [-0.4, -0.2) is 77.4 Å². The Hall–Kier alpha value is -3.00. The maximum Gasteiger partial charge on any atom is 0.227 e. The van der Waals surface area contributed by atoms with Crippen molar-refractivity contribution in [3.63, 3.8) is 0 Å². The zero-order chi connectivity index (χ0) is 31.1. The monoisotopic (exact) mass is 582 g/mol. The van der Waals surface area contributed by atoms with Gasteiger partial charge < -0.3 is 14.7 Å². The summed E-state index contributed by atoms with van der Waals surface area (Å²) < 4.78 is 28.7. The Morgan fingerprint density at radius 2 is 1.55 bits per heavy atom. The summed E-state index contributed by atoms with van der Waals surface area (Å²) in [6.45, 7) is 21.8. The van der Waals surface area contributed by atoms with Crippen LogP contribution in [0.3, 0.4) is 0 Å². The van der Waals surface area contributed by atoms with Crippen LogP contribution in [0.25, 0.3) is 0 Å². The van der Waals surface area contributed by atoms with Crippen molar-refractivity contribution in [3.8, 4) is 0 Å². The summed E-state index contributed by atoms with van der Waals surface area (Å²) in [5, 5.41) is 0. The third-order valence-electron chi connectivity index (χ3n) is 9.31. The average Bonchev–Trinajstić information content (AvgIpc) is 3.35. The lowest BCUT2D eigenvalue weighted by atomic mass is 9.87. The highest BCUT2D eigenvalue weighted by Crippen LogP contribution is 2.39. The predicted octanol–water partition coefficient (Wildman–Crippen LogP) is 6.06. The lowest BCUT2D eigenvalue weighted by Gasteiger charge is -2.41. The van der Waals surface area contributed by atoms with Crippen molar-refractivity contribution in [1.82, 2.24) is 14.7 Å². The molecule has 230 valence electrons. The van der Waals surface area contributed by atoms with E-state index in [1.54, 1.807) is 6.92 Å². The van der Waals surface area contributed by atoms with Gasteiger partial charge in [-0.1, -0.05) is 12.1 Å². The molecule has 0 saturated carbocycles. The van der Waals surface area contributed by atoms with Crippen molar-refractivity contribution in [2.75, 3.05) is 44.2 Å². The summed E-state index contributed by atoms with van der Waals surface area (Å²) in [6.07, 6.45) is 0.